The third kappa shape index (κ3) is 6.78. The number of aromatic nitrogens is 2. The van der Waals surface area contributed by atoms with E-state index < -0.39 is 0 Å². The molecule has 3 aromatic rings. The fourth-order valence-electron chi connectivity index (χ4n) is 7.57. The number of halogens is 2. The van der Waals surface area contributed by atoms with Gasteiger partial charge in [0.1, 0.15) is 0 Å². The minimum absolute atomic E-state index is 0.0266. The van der Waals surface area contributed by atoms with Gasteiger partial charge in [0, 0.05) is 41.8 Å². The molecule has 2 aromatic carbocycles. The van der Waals surface area contributed by atoms with Crippen molar-refractivity contribution in [2.45, 2.75) is 72.5 Å². The van der Waals surface area contributed by atoms with Crippen LogP contribution in [0.2, 0.25) is 10.0 Å². The average molecular weight is 682 g/mol. The summed E-state index contributed by atoms with van der Waals surface area (Å²) in [5.74, 6) is 2.13. The van der Waals surface area contributed by atoms with Gasteiger partial charge in [-0.05, 0) is 85.3 Å². The molecule has 7 rings (SSSR count). The van der Waals surface area contributed by atoms with Crippen molar-refractivity contribution >= 4 is 63.5 Å². The number of aryl methyl sites for hydroxylation is 1. The third-order valence-corrected chi connectivity index (χ3v) is 10.9. The molecular weight excluding hydrogens is 639 g/mol. The zero-order valence-electron chi connectivity index (χ0n) is 27.4. The van der Waals surface area contributed by atoms with Crippen molar-refractivity contribution in [2.24, 2.45) is 28.2 Å². The molecule has 47 heavy (non-hydrogen) atoms. The third-order valence-electron chi connectivity index (χ3n) is 10.3. The lowest BCUT2D eigenvalue weighted by Crippen LogP contribution is -2.58. The number of nitrogens with zero attached hydrogens (tertiary/aromatic N) is 4. The number of hydrogen-bond acceptors (Lipinski definition) is 6. The van der Waals surface area contributed by atoms with Crippen LogP contribution in [0.1, 0.15) is 53.0 Å². The molecule has 2 amide bonds. The lowest BCUT2D eigenvalue weighted by Gasteiger charge is -2.61. The molecule has 2 heterocycles. The molecule has 2 bridgehead atoms. The van der Waals surface area contributed by atoms with E-state index in [-0.39, 0.29) is 48.5 Å². The molecule has 5 atom stereocenters. The molecule has 1 aliphatic heterocycles. The lowest BCUT2D eigenvalue weighted by atomic mass is 9.45. The Bertz CT molecular complexity index is 1810. The van der Waals surface area contributed by atoms with Gasteiger partial charge in [0.15, 0.2) is 5.96 Å². The van der Waals surface area contributed by atoms with E-state index in [9.17, 15) is 14.4 Å². The molecule has 3 aliphatic carbocycles. The maximum Gasteiger partial charge on any atom is 0.262 e. The van der Waals surface area contributed by atoms with Crippen LogP contribution in [-0.4, -0.2) is 57.4 Å². The first-order chi connectivity index (χ1) is 22.3. The van der Waals surface area contributed by atoms with Gasteiger partial charge in [-0.3, -0.25) is 29.8 Å². The largest absolute Gasteiger partial charge is 0.350 e. The van der Waals surface area contributed by atoms with Crippen molar-refractivity contribution in [1.29, 1.82) is 0 Å². The molecule has 11 nitrogen and oxygen atoms in total. The summed E-state index contributed by atoms with van der Waals surface area (Å²) in [6.45, 7) is 11.5. The maximum atomic E-state index is 13.8. The maximum absolute atomic E-state index is 13.8. The molecule has 4 aliphatic rings. The molecule has 1 aromatic heterocycles. The number of hydrazine groups is 1. The van der Waals surface area contributed by atoms with Gasteiger partial charge in [-0.15, -0.1) is 0 Å². The number of carbonyl (C=O) groups is 2. The molecule has 250 valence electrons. The Kier molecular flexibility index (Phi) is 9.15. The van der Waals surface area contributed by atoms with Gasteiger partial charge in [-0.2, -0.15) is 0 Å². The Hall–Kier alpha value is -3.83. The standard InChI is InChI=1S/C34H42Cl2N8O3/c1-18-16-43(17-30(46)37-18)32(39-28-13-22-12-26(19(28)2)34(22,4)5)38-24-8-9-25-29(15-24)40-33(42-41-20(3)45)44(31(25)47)11-10-21-6-7-23(35)14-27(21)36/h6-9,14-15,18-19,22,26,28H,10-13,16-17H2,1-5H3,(H,37,46)(H,38,39)(H,40,42)(H,41,45)/t18-,19-,22-,26+,28?/m0/s1. The highest BCUT2D eigenvalue weighted by molar-refractivity contribution is 6.35. The van der Waals surface area contributed by atoms with Gasteiger partial charge in [-0.25, -0.2) is 9.98 Å². The molecule has 0 radical (unpaired) electrons. The number of guanidine groups is 1. The fourth-order valence-corrected chi connectivity index (χ4v) is 8.07. The van der Waals surface area contributed by atoms with E-state index in [1.54, 1.807) is 24.3 Å². The van der Waals surface area contributed by atoms with E-state index >= 15 is 0 Å². The van der Waals surface area contributed by atoms with Crippen molar-refractivity contribution in [3.05, 3.63) is 62.4 Å². The van der Waals surface area contributed by atoms with Crippen LogP contribution in [0.15, 0.2) is 46.2 Å². The van der Waals surface area contributed by atoms with Gasteiger partial charge in [0.05, 0.1) is 23.5 Å². The van der Waals surface area contributed by atoms with E-state index in [0.29, 0.717) is 68.7 Å². The smallest absolute Gasteiger partial charge is 0.262 e. The normalized spacial score (nSPS) is 25.2. The minimum atomic E-state index is -0.333. The number of aliphatic imine (C=N–C) groups is 1. The van der Waals surface area contributed by atoms with Crippen molar-refractivity contribution in [3.8, 4) is 0 Å². The van der Waals surface area contributed by atoms with Crippen LogP contribution in [0.5, 0.6) is 0 Å². The Morgan fingerprint density at radius 2 is 1.91 bits per heavy atom. The molecule has 4 N–H and O–H groups in total. The quantitative estimate of drug-likeness (QED) is 0.156. The number of hydrogen-bond donors (Lipinski definition) is 4. The number of piperazine rings is 1. The van der Waals surface area contributed by atoms with E-state index in [0.717, 1.165) is 12.0 Å². The zero-order chi connectivity index (χ0) is 33.6. The van der Waals surface area contributed by atoms with E-state index in [4.69, 9.17) is 33.2 Å². The first kappa shape index (κ1) is 33.1. The number of anilines is 2. The molecule has 13 heteroatoms. The number of fused-ring (bicyclic) bond motifs is 3. The van der Waals surface area contributed by atoms with Crippen LogP contribution < -0.4 is 27.0 Å². The summed E-state index contributed by atoms with van der Waals surface area (Å²) in [5, 5.41) is 7.94. The first-order valence-electron chi connectivity index (χ1n) is 16.2. The molecule has 1 saturated heterocycles. The van der Waals surface area contributed by atoms with Crippen molar-refractivity contribution in [1.82, 2.24) is 25.2 Å². The second-order valence-electron chi connectivity index (χ2n) is 13.9. The van der Waals surface area contributed by atoms with Crippen LogP contribution in [-0.2, 0) is 22.6 Å². The van der Waals surface area contributed by atoms with E-state index in [1.165, 1.54) is 17.9 Å². The Labute approximate surface area is 284 Å². The van der Waals surface area contributed by atoms with Crippen LogP contribution >= 0.6 is 23.2 Å². The Morgan fingerprint density at radius 1 is 1.13 bits per heavy atom. The van der Waals surface area contributed by atoms with Crippen molar-refractivity contribution in [3.63, 3.8) is 0 Å². The number of nitrogens with one attached hydrogen (secondary N) is 4. The summed E-state index contributed by atoms with van der Waals surface area (Å²) in [5.41, 5.74) is 7.35. The molecule has 4 fully saturated rings. The number of carbonyl (C=O) groups excluding carboxylic acids is 2. The summed E-state index contributed by atoms with van der Waals surface area (Å²) in [6.07, 6.45) is 2.71. The van der Waals surface area contributed by atoms with Crippen LogP contribution in [0.25, 0.3) is 10.9 Å². The predicted molar refractivity (Wildman–Crippen MR) is 187 cm³/mol. The fraction of sp³-hybridized carbons (Fsp3) is 0.500. The summed E-state index contributed by atoms with van der Waals surface area (Å²) in [4.78, 5) is 50.2. The number of amides is 2. The monoisotopic (exact) mass is 680 g/mol. The zero-order valence-corrected chi connectivity index (χ0v) is 28.9. The Balaban J connectivity index is 1.33. The highest BCUT2D eigenvalue weighted by Gasteiger charge is 2.56. The highest BCUT2D eigenvalue weighted by Crippen LogP contribution is 2.61. The SMILES string of the molecule is CC(=O)NNc1nc2cc(N/C(=N/C3C[C@@H]4C[C@H]([C@@H]3C)C4(C)C)N3CC(=O)N[C@@H](C)C3)ccc2c(=O)n1CCc1ccc(Cl)cc1Cl. The predicted octanol–water partition coefficient (Wildman–Crippen LogP) is 5.07. The van der Waals surface area contributed by atoms with Gasteiger partial charge >= 0.3 is 0 Å². The van der Waals surface area contributed by atoms with Gasteiger partial charge < -0.3 is 15.5 Å². The van der Waals surface area contributed by atoms with Gasteiger partial charge in [-0.1, -0.05) is 50.0 Å². The molecular formula is C34H42Cl2N8O3. The molecule has 3 saturated carbocycles. The topological polar surface area (TPSA) is 133 Å². The van der Waals surface area contributed by atoms with E-state index in [1.807, 2.05) is 24.0 Å². The van der Waals surface area contributed by atoms with Crippen molar-refractivity contribution in [2.75, 3.05) is 23.8 Å². The molecule has 1 unspecified atom stereocenters. The number of rotatable bonds is 7. The summed E-state index contributed by atoms with van der Waals surface area (Å²) in [6, 6.07) is 10.7. The van der Waals surface area contributed by atoms with Gasteiger partial charge in [0.25, 0.3) is 5.56 Å². The van der Waals surface area contributed by atoms with Crippen LogP contribution in [0, 0.1) is 23.2 Å². The molecule has 0 spiro atoms. The second-order valence-corrected chi connectivity index (χ2v) is 14.7. The first-order valence-corrected chi connectivity index (χ1v) is 17.0. The minimum Gasteiger partial charge on any atom is -0.350 e. The van der Waals surface area contributed by atoms with Crippen LogP contribution in [0.4, 0.5) is 11.6 Å². The summed E-state index contributed by atoms with van der Waals surface area (Å²) in [7, 11) is 0. The Morgan fingerprint density at radius 3 is 2.60 bits per heavy atom. The highest BCUT2D eigenvalue weighted by atomic mass is 35.5. The summed E-state index contributed by atoms with van der Waals surface area (Å²) >= 11 is 12.5. The average Bonchev–Trinajstić information content (AvgIpc) is 3.00. The number of benzene rings is 2. The van der Waals surface area contributed by atoms with E-state index in [2.05, 4.69) is 42.3 Å². The van der Waals surface area contributed by atoms with Crippen LogP contribution in [0.3, 0.4) is 0 Å². The lowest BCUT2D eigenvalue weighted by molar-refractivity contribution is -0.124. The van der Waals surface area contributed by atoms with Gasteiger partial charge in [0.2, 0.25) is 17.8 Å². The van der Waals surface area contributed by atoms with Crippen molar-refractivity contribution < 1.29 is 9.59 Å². The summed E-state index contributed by atoms with van der Waals surface area (Å²) < 4.78 is 1.48. The second kappa shape index (κ2) is 13.0.